The summed E-state index contributed by atoms with van der Waals surface area (Å²) >= 11 is 0. The topological polar surface area (TPSA) is 0 Å². The van der Waals surface area contributed by atoms with Crippen molar-refractivity contribution >= 4 is 13.3 Å². The first kappa shape index (κ1) is 30.5. The molecule has 3 rings (SSSR count). The number of benzene rings is 1. The van der Waals surface area contributed by atoms with Crippen molar-refractivity contribution in [3.8, 4) is 0 Å². The summed E-state index contributed by atoms with van der Waals surface area (Å²) in [4.78, 5) is 0. The van der Waals surface area contributed by atoms with E-state index >= 15 is 0 Å². The van der Waals surface area contributed by atoms with Crippen LogP contribution in [0.3, 0.4) is 0 Å². The summed E-state index contributed by atoms with van der Waals surface area (Å²) in [6.45, 7) is 0. The zero-order valence-electron chi connectivity index (χ0n) is 17.7. The van der Waals surface area contributed by atoms with Gasteiger partial charge in [-0.25, -0.2) is 0 Å². The van der Waals surface area contributed by atoms with Gasteiger partial charge in [0.1, 0.15) is 7.85 Å². The van der Waals surface area contributed by atoms with Crippen molar-refractivity contribution in [3.05, 3.63) is 77.9 Å². The van der Waals surface area contributed by atoms with Crippen LogP contribution in [0.2, 0.25) is 0 Å². The third-order valence-corrected chi connectivity index (χ3v) is 4.28. The van der Waals surface area contributed by atoms with Gasteiger partial charge in [0.25, 0.3) is 0 Å². The molecule has 0 heterocycles. The molecule has 2 aliphatic carbocycles. The first-order chi connectivity index (χ1) is 14.6. The summed E-state index contributed by atoms with van der Waals surface area (Å²) in [5.41, 5.74) is -3.39. The van der Waals surface area contributed by atoms with Crippen molar-refractivity contribution in [2.75, 3.05) is 0 Å². The van der Waals surface area contributed by atoms with E-state index in [2.05, 4.69) is 48.6 Å². The van der Waals surface area contributed by atoms with E-state index in [4.69, 9.17) is 7.85 Å². The Morgan fingerprint density at radius 1 is 0.469 bits per heavy atom. The smallest absolute Gasteiger partial charge is 0.166 e. The Bertz CT molecular complexity index is 648. The normalized spacial score (nSPS) is 20.1. The molecule has 0 N–H and O–H groups in total. The molecule has 32 heavy (non-hydrogen) atoms. The largest absolute Gasteiger partial charge is 0.416 e. The van der Waals surface area contributed by atoms with Gasteiger partial charge in [0, 0.05) is 20.1 Å². The van der Waals surface area contributed by atoms with Crippen LogP contribution in [0.5, 0.6) is 0 Å². The first-order valence-corrected chi connectivity index (χ1v) is 10.3. The molecule has 0 bridgehead atoms. The third-order valence-electron chi connectivity index (χ3n) is 4.28. The molecule has 0 atom stereocenters. The van der Waals surface area contributed by atoms with Crippen molar-refractivity contribution in [1.82, 2.24) is 0 Å². The molecule has 3 radical (unpaired) electrons. The second-order valence-corrected chi connectivity index (χ2v) is 7.03. The van der Waals surface area contributed by atoms with Crippen LogP contribution in [0.15, 0.2) is 66.8 Å². The van der Waals surface area contributed by atoms with Gasteiger partial charge in [0.2, 0.25) is 0 Å². The monoisotopic (exact) mass is 633 g/mol. The summed E-state index contributed by atoms with van der Waals surface area (Å²) in [5.74, 6) is 0. The molecular formula is C24H27BF6Ir. The van der Waals surface area contributed by atoms with Crippen molar-refractivity contribution in [3.63, 3.8) is 0 Å². The Kier molecular flexibility index (Phi) is 15.4. The van der Waals surface area contributed by atoms with Crippen LogP contribution in [-0.4, -0.2) is 7.85 Å². The van der Waals surface area contributed by atoms with E-state index in [1.54, 1.807) is 0 Å². The molecule has 1 aromatic carbocycles. The SMILES string of the molecule is C1=C\CC/C=C\CC/1.C1=C\CC/C=C\CC/1.[B]c1cc(C(F)(F)F)cc(C(F)(F)F)c1.[Ir]. The predicted octanol–water partition coefficient (Wildman–Crippen LogP) is 7.86. The summed E-state index contributed by atoms with van der Waals surface area (Å²) in [6.07, 6.45) is 18.3. The van der Waals surface area contributed by atoms with Gasteiger partial charge in [0.05, 0.1) is 11.1 Å². The maximum Gasteiger partial charge on any atom is 0.416 e. The molecule has 0 aromatic heterocycles. The van der Waals surface area contributed by atoms with Crippen LogP contribution in [-0.2, 0) is 32.5 Å². The average molecular weight is 632 g/mol. The van der Waals surface area contributed by atoms with Crippen LogP contribution in [0.4, 0.5) is 26.3 Å². The molecule has 0 spiro atoms. The Morgan fingerprint density at radius 3 is 0.875 bits per heavy atom. The Labute approximate surface area is 201 Å². The van der Waals surface area contributed by atoms with Gasteiger partial charge < -0.3 is 0 Å². The van der Waals surface area contributed by atoms with Gasteiger partial charge in [-0.2, -0.15) is 26.3 Å². The van der Waals surface area contributed by atoms with E-state index in [0.717, 1.165) is 0 Å². The van der Waals surface area contributed by atoms with Gasteiger partial charge in [0.15, 0.2) is 0 Å². The molecule has 177 valence electrons. The number of allylic oxidation sites excluding steroid dienone is 8. The van der Waals surface area contributed by atoms with Crippen LogP contribution in [0, 0.1) is 0 Å². The summed E-state index contributed by atoms with van der Waals surface area (Å²) in [5, 5.41) is 0. The Balaban J connectivity index is 0.000000480. The van der Waals surface area contributed by atoms with Crippen LogP contribution < -0.4 is 5.46 Å². The number of halogens is 6. The Hall–Kier alpha value is -1.53. The van der Waals surface area contributed by atoms with Gasteiger partial charge in [-0.3, -0.25) is 0 Å². The zero-order valence-corrected chi connectivity index (χ0v) is 20.1. The fourth-order valence-corrected chi connectivity index (χ4v) is 2.69. The average Bonchev–Trinajstić information content (AvgIpc) is 2.59. The number of rotatable bonds is 0. The molecule has 0 aliphatic heterocycles. The van der Waals surface area contributed by atoms with E-state index in [1.807, 2.05) is 0 Å². The first-order valence-electron chi connectivity index (χ1n) is 10.3. The minimum absolute atomic E-state index is 0. The second kappa shape index (κ2) is 16.1. The minimum atomic E-state index is -4.84. The van der Waals surface area contributed by atoms with Crippen LogP contribution in [0.25, 0.3) is 0 Å². The quantitative estimate of drug-likeness (QED) is 0.155. The molecule has 2 aliphatic rings. The van der Waals surface area contributed by atoms with E-state index in [0.29, 0.717) is 12.1 Å². The maximum atomic E-state index is 12.1. The molecule has 0 saturated carbocycles. The van der Waals surface area contributed by atoms with E-state index < -0.39 is 28.9 Å². The molecule has 0 nitrogen and oxygen atoms in total. The van der Waals surface area contributed by atoms with E-state index in [9.17, 15) is 26.3 Å². The van der Waals surface area contributed by atoms with Gasteiger partial charge in [-0.1, -0.05) is 66.2 Å². The van der Waals surface area contributed by atoms with E-state index in [-0.39, 0.29) is 26.2 Å². The van der Waals surface area contributed by atoms with Crippen molar-refractivity contribution in [1.29, 1.82) is 0 Å². The maximum absolute atomic E-state index is 12.1. The van der Waals surface area contributed by atoms with E-state index in [1.165, 1.54) is 51.4 Å². The molecular weight excluding hydrogens is 605 g/mol. The molecule has 0 unspecified atom stereocenters. The number of alkyl halides is 6. The minimum Gasteiger partial charge on any atom is -0.166 e. The fourth-order valence-electron chi connectivity index (χ4n) is 2.69. The summed E-state index contributed by atoms with van der Waals surface area (Å²) < 4.78 is 72.7. The molecule has 0 saturated heterocycles. The summed E-state index contributed by atoms with van der Waals surface area (Å²) in [6, 6.07) is 0.931. The van der Waals surface area contributed by atoms with Crippen molar-refractivity contribution in [2.45, 2.75) is 63.7 Å². The molecule has 1 aromatic rings. The Morgan fingerprint density at radius 2 is 0.688 bits per heavy atom. The molecule has 0 fully saturated rings. The predicted molar refractivity (Wildman–Crippen MR) is 115 cm³/mol. The number of hydrogen-bond donors (Lipinski definition) is 0. The zero-order chi connectivity index (χ0) is 23.2. The van der Waals surface area contributed by atoms with Gasteiger partial charge in [-0.05, 0) is 57.4 Å². The molecule has 0 amide bonds. The van der Waals surface area contributed by atoms with Crippen LogP contribution >= 0.6 is 0 Å². The van der Waals surface area contributed by atoms with Crippen molar-refractivity contribution < 1.29 is 46.4 Å². The fraction of sp³-hybridized carbons (Fsp3) is 0.417. The standard InChI is InChI=1S/C8H3BF6.2C8H12.Ir/c9-6-2-4(7(10,11)12)1-5(3-6)8(13,14)15;2*1-2-4-6-8-7-5-3-1;/h1-3H;2*1-2,7-8H,3-6H2;/b;2*2-1-,8-7-;. The second-order valence-electron chi connectivity index (χ2n) is 7.03. The number of hydrogen-bond acceptors (Lipinski definition) is 0. The van der Waals surface area contributed by atoms with Crippen molar-refractivity contribution in [2.24, 2.45) is 0 Å². The third kappa shape index (κ3) is 14.5. The molecule has 8 heteroatoms. The summed E-state index contributed by atoms with van der Waals surface area (Å²) in [7, 11) is 4.95. The van der Waals surface area contributed by atoms with Gasteiger partial charge >= 0.3 is 12.4 Å². The van der Waals surface area contributed by atoms with Gasteiger partial charge in [-0.15, -0.1) is 0 Å². The van der Waals surface area contributed by atoms with Crippen LogP contribution in [0.1, 0.15) is 62.5 Å².